The third-order valence-corrected chi connectivity index (χ3v) is 1.95. The van der Waals surface area contributed by atoms with Gasteiger partial charge in [-0.05, 0) is 17.9 Å². The molecule has 0 N–H and O–H groups in total. The summed E-state index contributed by atoms with van der Waals surface area (Å²) in [6, 6.07) is 10.4. The molecule has 48 valence electrons. The maximum atomic E-state index is 2.16. The van der Waals surface area contributed by atoms with E-state index < -0.39 is 0 Å². The van der Waals surface area contributed by atoms with E-state index >= 15 is 0 Å². The van der Waals surface area contributed by atoms with Gasteiger partial charge in [0.15, 0.2) is 0 Å². The molecule has 0 aromatic heterocycles. The molecule has 0 spiro atoms. The van der Waals surface area contributed by atoms with Crippen LogP contribution in [0.15, 0.2) is 35.2 Å². The number of hydrogen-bond acceptors (Lipinski definition) is 1. The topological polar surface area (TPSA) is 0 Å². The Balaban J connectivity index is 2.61. The SMILES string of the molecule is CCSc1ccccc1. The standard InChI is InChI=1S/C8H10S/c1-2-9-8-6-4-3-5-7-8/h3-7H,2H2,1H3. The molecule has 0 unspecified atom stereocenters. The average molecular weight is 138 g/mol. The lowest BCUT2D eigenvalue weighted by Crippen LogP contribution is -1.68. The van der Waals surface area contributed by atoms with E-state index in [9.17, 15) is 0 Å². The molecule has 0 saturated carbocycles. The van der Waals surface area contributed by atoms with Crippen LogP contribution in [0.1, 0.15) is 6.92 Å². The first-order valence-corrected chi connectivity index (χ1v) is 4.10. The van der Waals surface area contributed by atoms with Gasteiger partial charge in [0.2, 0.25) is 0 Å². The Morgan fingerprint density at radius 2 is 1.89 bits per heavy atom. The van der Waals surface area contributed by atoms with Gasteiger partial charge in [0.25, 0.3) is 0 Å². The Morgan fingerprint density at radius 3 is 2.44 bits per heavy atom. The number of hydrogen-bond donors (Lipinski definition) is 0. The van der Waals surface area contributed by atoms with Crippen LogP contribution in [0.25, 0.3) is 0 Å². The van der Waals surface area contributed by atoms with Crippen LogP contribution in [-0.2, 0) is 0 Å². The van der Waals surface area contributed by atoms with Crippen molar-refractivity contribution < 1.29 is 0 Å². The Labute approximate surface area is 60.3 Å². The smallest absolute Gasteiger partial charge is 0.00718 e. The van der Waals surface area contributed by atoms with Crippen LogP contribution in [0.5, 0.6) is 0 Å². The van der Waals surface area contributed by atoms with E-state index in [-0.39, 0.29) is 0 Å². The molecule has 0 aliphatic rings. The third kappa shape index (κ3) is 2.10. The molecule has 1 aromatic rings. The summed E-state index contributed by atoms with van der Waals surface area (Å²) in [5.41, 5.74) is 0. The molecule has 0 amide bonds. The minimum atomic E-state index is 1.16. The van der Waals surface area contributed by atoms with Gasteiger partial charge in [-0.15, -0.1) is 11.8 Å². The third-order valence-electron chi connectivity index (χ3n) is 1.05. The molecule has 0 heterocycles. The first-order valence-electron chi connectivity index (χ1n) is 3.11. The van der Waals surface area contributed by atoms with Crippen molar-refractivity contribution in [3.63, 3.8) is 0 Å². The van der Waals surface area contributed by atoms with Gasteiger partial charge in [-0.3, -0.25) is 0 Å². The predicted octanol–water partition coefficient (Wildman–Crippen LogP) is 2.80. The van der Waals surface area contributed by atoms with E-state index in [4.69, 9.17) is 0 Å². The highest BCUT2D eigenvalue weighted by atomic mass is 32.2. The van der Waals surface area contributed by atoms with E-state index in [2.05, 4.69) is 31.2 Å². The van der Waals surface area contributed by atoms with Crippen LogP contribution in [0, 0.1) is 0 Å². The summed E-state index contributed by atoms with van der Waals surface area (Å²) in [7, 11) is 0. The molecule has 1 aromatic carbocycles. The van der Waals surface area contributed by atoms with Crippen molar-refractivity contribution >= 4 is 11.8 Å². The molecule has 0 nitrogen and oxygen atoms in total. The van der Waals surface area contributed by atoms with Crippen LogP contribution >= 0.6 is 11.8 Å². The first-order chi connectivity index (χ1) is 4.43. The molecule has 1 rings (SSSR count). The minimum Gasteiger partial charge on any atom is -0.126 e. The highest BCUT2D eigenvalue weighted by molar-refractivity contribution is 7.99. The second-order valence-corrected chi connectivity index (χ2v) is 3.08. The quantitative estimate of drug-likeness (QED) is 0.566. The molecular weight excluding hydrogens is 128 g/mol. The van der Waals surface area contributed by atoms with Gasteiger partial charge < -0.3 is 0 Å². The van der Waals surface area contributed by atoms with Crippen LogP contribution in [0.3, 0.4) is 0 Å². The van der Waals surface area contributed by atoms with Crippen LogP contribution in [0.2, 0.25) is 0 Å². The Bertz CT molecular complexity index is 157. The summed E-state index contributed by atoms with van der Waals surface area (Å²) in [6.45, 7) is 2.16. The Kier molecular flexibility index (Phi) is 2.65. The van der Waals surface area contributed by atoms with Gasteiger partial charge >= 0.3 is 0 Å². The second kappa shape index (κ2) is 3.57. The van der Waals surface area contributed by atoms with Gasteiger partial charge in [-0.1, -0.05) is 25.1 Å². The number of thioether (sulfide) groups is 1. The van der Waals surface area contributed by atoms with Crippen molar-refractivity contribution in [2.75, 3.05) is 5.75 Å². The van der Waals surface area contributed by atoms with E-state index in [0.29, 0.717) is 0 Å². The molecule has 0 atom stereocenters. The zero-order valence-corrected chi connectivity index (χ0v) is 6.32. The molecule has 0 bridgehead atoms. The van der Waals surface area contributed by atoms with Gasteiger partial charge in [-0.2, -0.15) is 0 Å². The Hall–Kier alpha value is -0.430. The lowest BCUT2D eigenvalue weighted by molar-refractivity contribution is 1.43. The maximum absolute atomic E-state index is 2.16. The summed E-state index contributed by atoms with van der Waals surface area (Å²) in [4.78, 5) is 1.36. The van der Waals surface area contributed by atoms with Crippen molar-refractivity contribution in [2.45, 2.75) is 11.8 Å². The van der Waals surface area contributed by atoms with Crippen molar-refractivity contribution in [3.8, 4) is 0 Å². The van der Waals surface area contributed by atoms with Gasteiger partial charge in [-0.25, -0.2) is 0 Å². The predicted molar refractivity (Wildman–Crippen MR) is 42.8 cm³/mol. The fourth-order valence-corrected chi connectivity index (χ4v) is 1.37. The van der Waals surface area contributed by atoms with Crippen molar-refractivity contribution in [1.82, 2.24) is 0 Å². The van der Waals surface area contributed by atoms with Crippen molar-refractivity contribution in [3.05, 3.63) is 30.3 Å². The molecule has 0 aliphatic carbocycles. The fraction of sp³-hybridized carbons (Fsp3) is 0.250. The fourth-order valence-electron chi connectivity index (χ4n) is 0.683. The minimum absolute atomic E-state index is 1.16. The Morgan fingerprint density at radius 1 is 1.22 bits per heavy atom. The summed E-state index contributed by atoms with van der Waals surface area (Å²) >= 11 is 1.88. The summed E-state index contributed by atoms with van der Waals surface area (Å²) in [6.07, 6.45) is 0. The zero-order valence-electron chi connectivity index (χ0n) is 5.50. The lowest BCUT2D eigenvalue weighted by Gasteiger charge is -1.93. The van der Waals surface area contributed by atoms with E-state index in [1.807, 2.05) is 17.8 Å². The molecule has 1 heteroatoms. The lowest BCUT2D eigenvalue weighted by atomic mass is 10.4. The summed E-state index contributed by atoms with van der Waals surface area (Å²) < 4.78 is 0. The first kappa shape index (κ1) is 6.69. The maximum Gasteiger partial charge on any atom is 0.00718 e. The normalized spacial score (nSPS) is 9.44. The van der Waals surface area contributed by atoms with E-state index in [1.54, 1.807) is 0 Å². The molecule has 0 saturated heterocycles. The van der Waals surface area contributed by atoms with Gasteiger partial charge in [0, 0.05) is 4.90 Å². The number of rotatable bonds is 2. The highest BCUT2D eigenvalue weighted by Crippen LogP contribution is 2.15. The largest absolute Gasteiger partial charge is 0.126 e. The average Bonchev–Trinajstić information content (AvgIpc) is 1.91. The van der Waals surface area contributed by atoms with E-state index in [0.717, 1.165) is 5.75 Å². The van der Waals surface area contributed by atoms with Gasteiger partial charge in [0.1, 0.15) is 0 Å². The highest BCUT2D eigenvalue weighted by Gasteiger charge is 1.84. The monoisotopic (exact) mass is 138 g/mol. The zero-order chi connectivity index (χ0) is 6.53. The molecule has 0 aliphatic heterocycles. The van der Waals surface area contributed by atoms with Crippen molar-refractivity contribution in [2.24, 2.45) is 0 Å². The van der Waals surface area contributed by atoms with Crippen molar-refractivity contribution in [1.29, 1.82) is 0 Å². The second-order valence-electron chi connectivity index (χ2n) is 1.75. The molecule has 0 radical (unpaired) electrons. The molecule has 0 fully saturated rings. The van der Waals surface area contributed by atoms with Crippen LogP contribution in [-0.4, -0.2) is 5.75 Å². The summed E-state index contributed by atoms with van der Waals surface area (Å²) in [5.74, 6) is 1.16. The van der Waals surface area contributed by atoms with Crippen LogP contribution < -0.4 is 0 Å². The number of benzene rings is 1. The summed E-state index contributed by atoms with van der Waals surface area (Å²) in [5, 5.41) is 0. The van der Waals surface area contributed by atoms with E-state index in [1.165, 1.54) is 4.90 Å². The molecule has 9 heavy (non-hydrogen) atoms. The molecular formula is C8H10S. The van der Waals surface area contributed by atoms with Gasteiger partial charge in [0.05, 0.1) is 0 Å². The van der Waals surface area contributed by atoms with Crippen LogP contribution in [0.4, 0.5) is 0 Å².